The van der Waals surface area contributed by atoms with E-state index in [1.807, 2.05) is 53.2 Å². The summed E-state index contributed by atoms with van der Waals surface area (Å²) in [5.74, 6) is 0.770. The van der Waals surface area contributed by atoms with Crippen LogP contribution < -0.4 is 9.46 Å². The Hall–Kier alpha value is -2.22. The molecular weight excluding hydrogens is 368 g/mol. The molecule has 26 heavy (non-hydrogen) atoms. The van der Waals surface area contributed by atoms with Gasteiger partial charge < -0.3 is 4.74 Å². The predicted molar refractivity (Wildman–Crippen MR) is 105 cm³/mol. The summed E-state index contributed by atoms with van der Waals surface area (Å²) in [7, 11) is -3.36. The van der Waals surface area contributed by atoms with Crippen molar-refractivity contribution in [3.8, 4) is 16.9 Å². The molecule has 5 nitrogen and oxygen atoms in total. The number of benzene rings is 1. The van der Waals surface area contributed by atoms with Gasteiger partial charge in [0.2, 0.25) is 10.0 Å². The summed E-state index contributed by atoms with van der Waals surface area (Å²) in [5.41, 5.74) is 2.90. The van der Waals surface area contributed by atoms with Crippen LogP contribution in [-0.2, 0) is 16.6 Å². The molecule has 1 N–H and O–H groups in total. The minimum Gasteiger partial charge on any atom is -0.494 e. The van der Waals surface area contributed by atoms with Gasteiger partial charge in [-0.05, 0) is 52.6 Å². The third-order valence-electron chi connectivity index (χ3n) is 3.71. The lowest BCUT2D eigenvalue weighted by Gasteiger charge is -2.09. The Morgan fingerprint density at radius 2 is 1.92 bits per heavy atom. The summed E-state index contributed by atoms with van der Waals surface area (Å²) in [4.78, 5) is 4.20. The van der Waals surface area contributed by atoms with Crippen LogP contribution in [0.2, 0.25) is 0 Å². The molecule has 3 aromatic rings. The molecule has 0 unspecified atom stereocenters. The van der Waals surface area contributed by atoms with E-state index in [1.54, 1.807) is 23.7 Å². The zero-order valence-electron chi connectivity index (χ0n) is 14.2. The lowest BCUT2D eigenvalue weighted by atomic mass is 10.1. The molecule has 0 radical (unpaired) electrons. The van der Waals surface area contributed by atoms with Crippen molar-refractivity contribution in [2.75, 3.05) is 12.4 Å². The van der Waals surface area contributed by atoms with Gasteiger partial charge in [-0.1, -0.05) is 18.2 Å². The fourth-order valence-corrected chi connectivity index (χ4v) is 4.09. The summed E-state index contributed by atoms with van der Waals surface area (Å²) in [6.07, 6.45) is 3.88. The van der Waals surface area contributed by atoms with Crippen LogP contribution in [0, 0.1) is 0 Å². The lowest BCUT2D eigenvalue weighted by Crippen LogP contribution is -2.26. The van der Waals surface area contributed by atoms with Crippen LogP contribution in [0.25, 0.3) is 11.1 Å². The molecule has 2 aromatic heterocycles. The van der Waals surface area contributed by atoms with E-state index in [0.717, 1.165) is 22.4 Å². The zero-order valence-corrected chi connectivity index (χ0v) is 15.8. The van der Waals surface area contributed by atoms with Crippen molar-refractivity contribution in [3.05, 3.63) is 71.2 Å². The van der Waals surface area contributed by atoms with Gasteiger partial charge in [-0.2, -0.15) is 11.3 Å². The molecule has 0 aliphatic heterocycles. The fraction of sp³-hybridized carbons (Fsp3) is 0.211. The summed E-state index contributed by atoms with van der Waals surface area (Å²) in [6, 6.07) is 13.3. The van der Waals surface area contributed by atoms with Crippen LogP contribution in [0.5, 0.6) is 5.75 Å². The number of sulfonamides is 1. The van der Waals surface area contributed by atoms with Crippen LogP contribution in [0.3, 0.4) is 0 Å². The number of nitrogens with zero attached hydrogens (tertiary/aromatic N) is 1. The Labute approximate surface area is 157 Å². The molecule has 3 rings (SSSR count). The van der Waals surface area contributed by atoms with Crippen LogP contribution in [-0.4, -0.2) is 25.8 Å². The third-order valence-corrected chi connectivity index (χ3v) is 5.81. The maximum Gasteiger partial charge on any atom is 0.212 e. The number of thiophene rings is 1. The maximum atomic E-state index is 12.1. The summed E-state index contributed by atoms with van der Waals surface area (Å²) in [5, 5.41) is 4.04. The molecule has 136 valence electrons. The van der Waals surface area contributed by atoms with Crippen molar-refractivity contribution < 1.29 is 13.2 Å². The average molecular weight is 389 g/mol. The van der Waals surface area contributed by atoms with E-state index in [2.05, 4.69) is 9.71 Å². The molecule has 0 atom stereocenters. The van der Waals surface area contributed by atoms with Crippen LogP contribution >= 0.6 is 11.3 Å². The number of para-hydroxylation sites is 1. The van der Waals surface area contributed by atoms with E-state index in [1.165, 1.54) is 0 Å². The van der Waals surface area contributed by atoms with Crippen molar-refractivity contribution in [2.24, 2.45) is 0 Å². The van der Waals surface area contributed by atoms with Gasteiger partial charge in [0, 0.05) is 24.5 Å². The van der Waals surface area contributed by atoms with Crippen LogP contribution in [0.1, 0.15) is 12.0 Å². The number of ether oxygens (including phenoxy) is 1. The van der Waals surface area contributed by atoms with E-state index in [0.29, 0.717) is 13.0 Å². The first-order valence-corrected chi connectivity index (χ1v) is 10.8. The van der Waals surface area contributed by atoms with Crippen molar-refractivity contribution in [2.45, 2.75) is 13.0 Å². The van der Waals surface area contributed by atoms with Crippen molar-refractivity contribution in [1.82, 2.24) is 9.71 Å². The largest absolute Gasteiger partial charge is 0.494 e. The SMILES string of the molecule is O=S(=O)(CCCOc1ccccc1)NCc1cncc(-c2ccsc2)c1. The molecule has 0 aliphatic rings. The summed E-state index contributed by atoms with van der Waals surface area (Å²) < 4.78 is 32.4. The molecule has 0 spiro atoms. The Bertz CT molecular complexity index is 911. The average Bonchev–Trinajstić information content (AvgIpc) is 3.20. The highest BCUT2D eigenvalue weighted by Gasteiger charge is 2.10. The second-order valence-corrected chi connectivity index (χ2v) is 8.46. The van der Waals surface area contributed by atoms with Crippen molar-refractivity contribution in [3.63, 3.8) is 0 Å². The first-order chi connectivity index (χ1) is 12.6. The second kappa shape index (κ2) is 8.93. The zero-order chi connectivity index (χ0) is 18.2. The van der Waals surface area contributed by atoms with Gasteiger partial charge in [-0.3, -0.25) is 4.98 Å². The predicted octanol–water partition coefficient (Wildman–Crippen LogP) is 3.70. The molecule has 7 heteroatoms. The van der Waals surface area contributed by atoms with E-state index in [9.17, 15) is 8.42 Å². The summed E-state index contributed by atoms with van der Waals surface area (Å²) in [6.45, 7) is 0.590. The molecule has 0 fully saturated rings. The van der Waals surface area contributed by atoms with E-state index < -0.39 is 10.0 Å². The van der Waals surface area contributed by atoms with E-state index in [-0.39, 0.29) is 12.3 Å². The second-order valence-electron chi connectivity index (χ2n) is 5.75. The van der Waals surface area contributed by atoms with Crippen molar-refractivity contribution >= 4 is 21.4 Å². The molecule has 0 bridgehead atoms. The lowest BCUT2D eigenvalue weighted by molar-refractivity contribution is 0.317. The van der Waals surface area contributed by atoms with Gasteiger partial charge in [0.1, 0.15) is 5.75 Å². The van der Waals surface area contributed by atoms with Crippen LogP contribution in [0.15, 0.2) is 65.6 Å². The number of nitrogens with one attached hydrogen (secondary N) is 1. The Morgan fingerprint density at radius 3 is 2.69 bits per heavy atom. The topological polar surface area (TPSA) is 68.3 Å². The Morgan fingerprint density at radius 1 is 1.08 bits per heavy atom. The fourth-order valence-electron chi connectivity index (χ4n) is 2.39. The number of rotatable bonds is 9. The van der Waals surface area contributed by atoms with Gasteiger partial charge in [-0.25, -0.2) is 13.1 Å². The molecule has 0 saturated carbocycles. The van der Waals surface area contributed by atoms with E-state index in [4.69, 9.17) is 4.74 Å². The van der Waals surface area contributed by atoms with Gasteiger partial charge in [0.05, 0.1) is 12.4 Å². The molecule has 0 aliphatic carbocycles. The highest BCUT2D eigenvalue weighted by atomic mass is 32.2. The number of hydrogen-bond acceptors (Lipinski definition) is 5. The van der Waals surface area contributed by atoms with Crippen LogP contribution in [0.4, 0.5) is 0 Å². The monoisotopic (exact) mass is 388 g/mol. The molecule has 1 aromatic carbocycles. The molecule has 0 amide bonds. The van der Waals surface area contributed by atoms with Crippen molar-refractivity contribution in [1.29, 1.82) is 0 Å². The Kier molecular flexibility index (Phi) is 6.38. The van der Waals surface area contributed by atoms with Gasteiger partial charge in [0.15, 0.2) is 0 Å². The maximum absolute atomic E-state index is 12.1. The summed E-state index contributed by atoms with van der Waals surface area (Å²) >= 11 is 1.62. The number of aromatic nitrogens is 1. The van der Waals surface area contributed by atoms with Gasteiger partial charge in [-0.15, -0.1) is 0 Å². The van der Waals surface area contributed by atoms with Gasteiger partial charge in [0.25, 0.3) is 0 Å². The normalized spacial score (nSPS) is 11.4. The minimum absolute atomic E-state index is 0.0253. The number of pyridine rings is 1. The highest BCUT2D eigenvalue weighted by Crippen LogP contribution is 2.21. The molecule has 0 saturated heterocycles. The first-order valence-electron chi connectivity index (χ1n) is 8.24. The van der Waals surface area contributed by atoms with E-state index >= 15 is 0 Å². The van der Waals surface area contributed by atoms with Gasteiger partial charge >= 0.3 is 0 Å². The minimum atomic E-state index is -3.36. The smallest absolute Gasteiger partial charge is 0.212 e. The highest BCUT2D eigenvalue weighted by molar-refractivity contribution is 7.89. The molecule has 2 heterocycles. The number of hydrogen-bond donors (Lipinski definition) is 1. The third kappa shape index (κ3) is 5.66. The Balaban J connectivity index is 1.47. The molecular formula is C19H20N2O3S2. The standard InChI is InChI=1S/C19H20N2O3S2/c22-26(23,10-4-8-24-19-5-2-1-3-6-19)21-13-16-11-18(14-20-12-16)17-7-9-25-15-17/h1-3,5-7,9,11-12,14-15,21H,4,8,10,13H2. The quantitative estimate of drug-likeness (QED) is 0.568. The first kappa shape index (κ1) is 18.6.